The van der Waals surface area contributed by atoms with Crippen molar-refractivity contribution in [2.75, 3.05) is 0 Å². The highest BCUT2D eigenvalue weighted by atomic mass is 16.1. The van der Waals surface area contributed by atoms with Crippen molar-refractivity contribution < 1.29 is 0 Å². The molecule has 0 unspecified atom stereocenters. The van der Waals surface area contributed by atoms with Crippen LogP contribution in [0, 0.1) is 6.92 Å². The lowest BCUT2D eigenvalue weighted by Crippen LogP contribution is -2.23. The Kier molecular flexibility index (Phi) is 3.35. The van der Waals surface area contributed by atoms with Crippen LogP contribution in [-0.2, 0) is 13.1 Å². The largest absolute Gasteiger partial charge is 0.326 e. The minimum Gasteiger partial charge on any atom is -0.326 e. The number of nitrogens with two attached hydrogens (primary N) is 1. The molecule has 0 aliphatic heterocycles. The van der Waals surface area contributed by atoms with E-state index in [1.165, 1.54) is 10.7 Å². The van der Waals surface area contributed by atoms with E-state index in [9.17, 15) is 4.79 Å². The molecule has 0 saturated heterocycles. The van der Waals surface area contributed by atoms with Gasteiger partial charge in [-0.25, -0.2) is 4.68 Å². The number of hydrogen-bond acceptors (Lipinski definition) is 3. The SMILES string of the molecule is Cc1ccc(=O)n(Cc2ccccc2CN)n1. The lowest BCUT2D eigenvalue weighted by atomic mass is 10.1. The van der Waals surface area contributed by atoms with Crippen LogP contribution in [0.4, 0.5) is 0 Å². The van der Waals surface area contributed by atoms with Gasteiger partial charge < -0.3 is 5.73 Å². The Morgan fingerprint density at radius 3 is 2.59 bits per heavy atom. The van der Waals surface area contributed by atoms with Gasteiger partial charge in [0.15, 0.2) is 0 Å². The minimum absolute atomic E-state index is 0.0950. The van der Waals surface area contributed by atoms with Gasteiger partial charge in [0.2, 0.25) is 0 Å². The van der Waals surface area contributed by atoms with Gasteiger partial charge in [-0.3, -0.25) is 4.79 Å². The maximum Gasteiger partial charge on any atom is 0.267 e. The topological polar surface area (TPSA) is 60.9 Å². The zero-order chi connectivity index (χ0) is 12.3. The lowest BCUT2D eigenvalue weighted by Gasteiger charge is -2.09. The van der Waals surface area contributed by atoms with Gasteiger partial charge in [-0.2, -0.15) is 5.10 Å². The van der Waals surface area contributed by atoms with Crippen molar-refractivity contribution in [2.45, 2.75) is 20.0 Å². The van der Waals surface area contributed by atoms with Gasteiger partial charge in [-0.1, -0.05) is 24.3 Å². The second-order valence-corrected chi connectivity index (χ2v) is 3.94. The Bertz CT molecular complexity index is 575. The molecule has 0 fully saturated rings. The molecule has 0 spiro atoms. The Balaban J connectivity index is 2.37. The predicted molar refractivity (Wildman–Crippen MR) is 66.7 cm³/mol. The van der Waals surface area contributed by atoms with Crippen LogP contribution >= 0.6 is 0 Å². The molecule has 0 radical (unpaired) electrons. The standard InChI is InChI=1S/C13H15N3O/c1-10-6-7-13(17)16(15-10)9-12-5-3-2-4-11(12)8-14/h2-7H,8-9,14H2,1H3. The number of benzene rings is 1. The number of nitrogens with zero attached hydrogens (tertiary/aromatic N) is 2. The molecule has 17 heavy (non-hydrogen) atoms. The first-order valence-corrected chi connectivity index (χ1v) is 5.52. The molecule has 1 heterocycles. The molecule has 2 N–H and O–H groups in total. The monoisotopic (exact) mass is 229 g/mol. The minimum atomic E-state index is -0.0950. The van der Waals surface area contributed by atoms with Crippen molar-refractivity contribution in [3.63, 3.8) is 0 Å². The zero-order valence-electron chi connectivity index (χ0n) is 9.76. The van der Waals surface area contributed by atoms with E-state index < -0.39 is 0 Å². The molecular formula is C13H15N3O. The summed E-state index contributed by atoms with van der Waals surface area (Å²) >= 11 is 0. The quantitative estimate of drug-likeness (QED) is 0.856. The number of aryl methyl sites for hydroxylation is 1. The highest BCUT2D eigenvalue weighted by Crippen LogP contribution is 2.08. The molecule has 4 heteroatoms. The molecule has 0 bridgehead atoms. The van der Waals surface area contributed by atoms with E-state index in [1.54, 1.807) is 6.07 Å². The first-order chi connectivity index (χ1) is 8.20. The molecule has 4 nitrogen and oxygen atoms in total. The fourth-order valence-corrected chi connectivity index (χ4v) is 1.74. The third-order valence-electron chi connectivity index (χ3n) is 2.66. The summed E-state index contributed by atoms with van der Waals surface area (Å²) in [5, 5.41) is 4.21. The third-order valence-corrected chi connectivity index (χ3v) is 2.66. The average molecular weight is 229 g/mol. The maximum absolute atomic E-state index is 11.6. The molecule has 88 valence electrons. The smallest absolute Gasteiger partial charge is 0.267 e. The van der Waals surface area contributed by atoms with Crippen LogP contribution in [0.15, 0.2) is 41.2 Å². The molecule has 0 saturated carbocycles. The van der Waals surface area contributed by atoms with Gasteiger partial charge in [-0.15, -0.1) is 0 Å². The molecule has 1 aromatic carbocycles. The van der Waals surface area contributed by atoms with E-state index in [-0.39, 0.29) is 5.56 Å². The summed E-state index contributed by atoms with van der Waals surface area (Å²) < 4.78 is 1.46. The van der Waals surface area contributed by atoms with Crippen LogP contribution in [0.5, 0.6) is 0 Å². The predicted octanol–water partition coefficient (Wildman–Crippen LogP) is 1.06. The van der Waals surface area contributed by atoms with Gasteiger partial charge in [0.05, 0.1) is 12.2 Å². The molecular weight excluding hydrogens is 214 g/mol. The number of aromatic nitrogens is 2. The van der Waals surface area contributed by atoms with Gasteiger partial charge in [0.1, 0.15) is 0 Å². The summed E-state index contributed by atoms with van der Waals surface area (Å²) in [5.41, 5.74) is 8.48. The summed E-state index contributed by atoms with van der Waals surface area (Å²) in [4.78, 5) is 11.6. The van der Waals surface area contributed by atoms with Crippen molar-refractivity contribution in [2.24, 2.45) is 5.73 Å². The first kappa shape index (κ1) is 11.5. The van der Waals surface area contributed by atoms with E-state index in [1.807, 2.05) is 31.2 Å². The van der Waals surface area contributed by atoms with Crippen molar-refractivity contribution in [1.29, 1.82) is 0 Å². The average Bonchev–Trinajstić information content (AvgIpc) is 2.34. The molecule has 0 aliphatic rings. The molecule has 0 atom stereocenters. The van der Waals surface area contributed by atoms with Gasteiger partial charge >= 0.3 is 0 Å². The van der Waals surface area contributed by atoms with E-state index in [4.69, 9.17) is 5.73 Å². The second kappa shape index (κ2) is 4.93. The van der Waals surface area contributed by atoms with Crippen molar-refractivity contribution in [1.82, 2.24) is 9.78 Å². The molecule has 0 aliphatic carbocycles. The highest BCUT2D eigenvalue weighted by Gasteiger charge is 2.03. The van der Waals surface area contributed by atoms with Gasteiger partial charge in [0.25, 0.3) is 5.56 Å². The molecule has 2 rings (SSSR count). The second-order valence-electron chi connectivity index (χ2n) is 3.94. The summed E-state index contributed by atoms with van der Waals surface area (Å²) in [6.07, 6.45) is 0. The third kappa shape index (κ3) is 2.60. The van der Waals surface area contributed by atoms with Crippen LogP contribution < -0.4 is 11.3 Å². The fraction of sp³-hybridized carbons (Fsp3) is 0.231. The summed E-state index contributed by atoms with van der Waals surface area (Å²) in [6.45, 7) is 2.80. The first-order valence-electron chi connectivity index (χ1n) is 5.52. The van der Waals surface area contributed by atoms with Crippen LogP contribution in [0.1, 0.15) is 16.8 Å². The summed E-state index contributed by atoms with van der Waals surface area (Å²) in [6, 6.07) is 11.1. The normalized spacial score (nSPS) is 10.5. The van der Waals surface area contributed by atoms with Crippen LogP contribution in [0.2, 0.25) is 0 Å². The highest BCUT2D eigenvalue weighted by molar-refractivity contribution is 5.27. The van der Waals surface area contributed by atoms with E-state index in [0.717, 1.165) is 16.8 Å². The molecule has 1 aromatic heterocycles. The number of hydrogen-bond donors (Lipinski definition) is 1. The molecule has 0 amide bonds. The van der Waals surface area contributed by atoms with Crippen molar-refractivity contribution >= 4 is 0 Å². The molecule has 2 aromatic rings. The Morgan fingerprint density at radius 2 is 1.88 bits per heavy atom. The number of rotatable bonds is 3. The Labute approximate surface area is 99.7 Å². The van der Waals surface area contributed by atoms with Gasteiger partial charge in [0, 0.05) is 12.6 Å². The van der Waals surface area contributed by atoms with E-state index >= 15 is 0 Å². The van der Waals surface area contributed by atoms with Crippen molar-refractivity contribution in [3.05, 3.63) is 63.6 Å². The Hall–Kier alpha value is -1.94. The van der Waals surface area contributed by atoms with E-state index in [2.05, 4.69) is 5.10 Å². The Morgan fingerprint density at radius 1 is 1.18 bits per heavy atom. The zero-order valence-corrected chi connectivity index (χ0v) is 9.76. The maximum atomic E-state index is 11.6. The lowest BCUT2D eigenvalue weighted by molar-refractivity contribution is 0.624. The fourth-order valence-electron chi connectivity index (χ4n) is 1.74. The van der Waals surface area contributed by atoms with Crippen LogP contribution in [0.3, 0.4) is 0 Å². The summed E-state index contributed by atoms with van der Waals surface area (Å²) in [7, 11) is 0. The summed E-state index contributed by atoms with van der Waals surface area (Å²) in [5.74, 6) is 0. The van der Waals surface area contributed by atoms with Crippen molar-refractivity contribution in [3.8, 4) is 0 Å². The van der Waals surface area contributed by atoms with E-state index in [0.29, 0.717) is 13.1 Å². The van der Waals surface area contributed by atoms with Crippen LogP contribution in [0.25, 0.3) is 0 Å². The van der Waals surface area contributed by atoms with Gasteiger partial charge in [-0.05, 0) is 24.1 Å². The van der Waals surface area contributed by atoms with Crippen LogP contribution in [-0.4, -0.2) is 9.78 Å².